The molecule has 0 radical (unpaired) electrons. The minimum absolute atomic E-state index is 0.303. The molecule has 37 heavy (non-hydrogen) atoms. The summed E-state index contributed by atoms with van der Waals surface area (Å²) in [5.41, 5.74) is 9.89. The van der Waals surface area contributed by atoms with Crippen LogP contribution in [0.15, 0.2) is 121 Å². The van der Waals surface area contributed by atoms with E-state index in [9.17, 15) is 0 Å². The van der Waals surface area contributed by atoms with Crippen molar-refractivity contribution in [2.24, 2.45) is 11.3 Å². The van der Waals surface area contributed by atoms with Crippen molar-refractivity contribution in [3.8, 4) is 11.1 Å². The van der Waals surface area contributed by atoms with Crippen LogP contribution >= 0.6 is 0 Å². The average molecular weight is 558 g/mol. The Balaban J connectivity index is 0.000000132. The molecule has 1 atom stereocenters. The standard InChI is InChI=1S/C13H9.C13H10.C10H15.Zr/c1-3-7-12-10(5-1)9-11-6-2-4-8-13(11)12;1-3-7-12(8-4-1)11-13-9-5-2-6-10-13;1-8-5-6-9(7-8)10(2,3)4;/h1-5,7-8H,9H2;1-10H;6-8H,1-4H3;/q-1;;-1;+2. The number of rotatable bonds is 2. The predicted molar refractivity (Wildman–Crippen MR) is 154 cm³/mol. The van der Waals surface area contributed by atoms with Crippen LogP contribution in [0.5, 0.6) is 0 Å². The molecule has 2 aliphatic rings. The van der Waals surface area contributed by atoms with Crippen LogP contribution in [0.25, 0.3) is 11.1 Å². The van der Waals surface area contributed by atoms with Gasteiger partial charge in [-0.15, -0.1) is 5.56 Å². The van der Waals surface area contributed by atoms with Gasteiger partial charge in [-0.2, -0.15) is 41.5 Å². The van der Waals surface area contributed by atoms with Gasteiger partial charge in [0.2, 0.25) is 0 Å². The van der Waals surface area contributed by atoms with E-state index in [0.717, 1.165) is 6.42 Å². The van der Waals surface area contributed by atoms with Crippen LogP contribution in [0.3, 0.4) is 0 Å². The Kier molecular flexibility index (Phi) is 9.23. The molecule has 0 saturated carbocycles. The van der Waals surface area contributed by atoms with Gasteiger partial charge in [0, 0.05) is 0 Å². The third-order valence-corrected chi connectivity index (χ3v) is 7.96. The predicted octanol–water partition coefficient (Wildman–Crippen LogP) is 8.83. The van der Waals surface area contributed by atoms with E-state index >= 15 is 0 Å². The van der Waals surface area contributed by atoms with Gasteiger partial charge in [-0.25, -0.2) is 6.08 Å². The van der Waals surface area contributed by atoms with Gasteiger partial charge < -0.3 is 0 Å². The Morgan fingerprint density at radius 1 is 0.757 bits per heavy atom. The SMILES string of the molecule is CC1[C-]=CC(C(C)(C)C)=C1.[Zr+2]=[C](c1ccccc1)c1ccccc1.[c-]1cccc2c1Cc1ccccc1-2. The molecule has 0 saturated heterocycles. The van der Waals surface area contributed by atoms with E-state index in [4.69, 9.17) is 0 Å². The van der Waals surface area contributed by atoms with E-state index in [-0.39, 0.29) is 0 Å². The summed E-state index contributed by atoms with van der Waals surface area (Å²) in [5.74, 6) is 0.522. The maximum absolute atomic E-state index is 3.30. The van der Waals surface area contributed by atoms with Crippen LogP contribution in [0.1, 0.15) is 49.9 Å². The fourth-order valence-electron chi connectivity index (χ4n) is 4.43. The molecule has 6 rings (SSSR count). The first-order valence-electron chi connectivity index (χ1n) is 12.9. The van der Waals surface area contributed by atoms with Crippen molar-refractivity contribution >= 4 is 3.21 Å². The van der Waals surface area contributed by atoms with Crippen molar-refractivity contribution in [2.75, 3.05) is 0 Å². The first kappa shape index (κ1) is 27.2. The van der Waals surface area contributed by atoms with Gasteiger partial charge in [-0.3, -0.25) is 6.08 Å². The summed E-state index contributed by atoms with van der Waals surface area (Å²) in [6, 6.07) is 39.2. The van der Waals surface area contributed by atoms with Gasteiger partial charge in [-0.1, -0.05) is 74.4 Å². The van der Waals surface area contributed by atoms with Crippen molar-refractivity contribution in [3.05, 3.63) is 155 Å². The first-order chi connectivity index (χ1) is 17.8. The molecule has 182 valence electrons. The normalized spacial score (nSPS) is 14.9. The smallest absolute Gasteiger partial charge is 0.0253 e. The van der Waals surface area contributed by atoms with Gasteiger partial charge in [0.1, 0.15) is 0 Å². The third-order valence-electron chi connectivity index (χ3n) is 6.54. The summed E-state index contributed by atoms with van der Waals surface area (Å²) in [6.07, 6.45) is 8.70. The van der Waals surface area contributed by atoms with Crippen LogP contribution in [0.2, 0.25) is 0 Å². The average Bonchev–Trinajstić information content (AvgIpc) is 3.54. The Morgan fingerprint density at radius 2 is 1.32 bits per heavy atom. The van der Waals surface area contributed by atoms with Crippen molar-refractivity contribution in [2.45, 2.75) is 34.1 Å². The number of hydrogen-bond acceptors (Lipinski definition) is 0. The zero-order chi connectivity index (χ0) is 26.3. The van der Waals surface area contributed by atoms with Crippen LogP contribution < -0.4 is 0 Å². The molecule has 0 heterocycles. The molecule has 0 amide bonds. The molecule has 4 aromatic rings. The first-order valence-corrected chi connectivity index (χ1v) is 14.1. The topological polar surface area (TPSA) is 0 Å². The molecular weight excluding hydrogens is 524 g/mol. The summed E-state index contributed by atoms with van der Waals surface area (Å²) in [4.78, 5) is 0. The second-order valence-electron chi connectivity index (χ2n) is 10.5. The fraction of sp³-hybridized carbons (Fsp3) is 0.194. The van der Waals surface area contributed by atoms with Gasteiger partial charge in [0.05, 0.1) is 0 Å². The number of hydrogen-bond donors (Lipinski definition) is 0. The molecule has 0 fully saturated rings. The van der Waals surface area contributed by atoms with Gasteiger partial charge in [0.15, 0.2) is 0 Å². The molecular formula is C36H34Zr. The Morgan fingerprint density at radius 3 is 1.86 bits per heavy atom. The van der Waals surface area contributed by atoms with E-state index in [2.05, 4.69) is 149 Å². The number of fused-ring (bicyclic) bond motifs is 3. The molecule has 0 nitrogen and oxygen atoms in total. The zero-order valence-electron chi connectivity index (χ0n) is 22.3. The largest absolute Gasteiger partial charge is 0.179 e. The molecule has 0 N–H and O–H groups in total. The molecule has 0 aliphatic heterocycles. The maximum atomic E-state index is 3.30. The summed E-state index contributed by atoms with van der Waals surface area (Å²) in [5, 5.41) is 0. The maximum Gasteiger partial charge on any atom is -0.0253 e. The second-order valence-corrected chi connectivity index (χ2v) is 11.7. The molecule has 0 bridgehead atoms. The minimum atomic E-state index is 0.303. The summed E-state index contributed by atoms with van der Waals surface area (Å²) < 4.78 is 1.42. The zero-order valence-corrected chi connectivity index (χ0v) is 24.7. The molecule has 4 aromatic carbocycles. The van der Waals surface area contributed by atoms with E-state index in [1.54, 1.807) is 0 Å². The van der Waals surface area contributed by atoms with Gasteiger partial charge >= 0.3 is 99.2 Å². The van der Waals surface area contributed by atoms with Crippen LogP contribution in [-0.2, 0) is 30.7 Å². The Hall–Kier alpha value is -2.89. The molecule has 0 spiro atoms. The van der Waals surface area contributed by atoms with E-state index in [1.807, 2.05) is 6.07 Å². The van der Waals surface area contributed by atoms with Crippen molar-refractivity contribution in [1.29, 1.82) is 0 Å². The summed E-state index contributed by atoms with van der Waals surface area (Å²) in [7, 11) is 0. The van der Waals surface area contributed by atoms with Crippen LogP contribution in [0, 0.1) is 23.5 Å². The van der Waals surface area contributed by atoms with Crippen LogP contribution in [0.4, 0.5) is 0 Å². The fourth-order valence-corrected chi connectivity index (χ4v) is 5.25. The second kappa shape index (κ2) is 12.6. The molecule has 1 unspecified atom stereocenters. The van der Waals surface area contributed by atoms with Gasteiger partial charge in [0.25, 0.3) is 0 Å². The third kappa shape index (κ3) is 7.33. The number of benzene rings is 4. The van der Waals surface area contributed by atoms with E-state index < -0.39 is 0 Å². The van der Waals surface area contributed by atoms with Crippen molar-refractivity contribution in [1.82, 2.24) is 0 Å². The monoisotopic (exact) mass is 556 g/mol. The minimum Gasteiger partial charge on any atom is -0.179 e. The van der Waals surface area contributed by atoms with E-state index in [0.29, 0.717) is 11.3 Å². The number of allylic oxidation sites excluding steroid dienone is 4. The van der Waals surface area contributed by atoms with Crippen molar-refractivity contribution in [3.63, 3.8) is 0 Å². The van der Waals surface area contributed by atoms with Gasteiger partial charge in [-0.05, 0) is 6.42 Å². The molecule has 1 heteroatoms. The van der Waals surface area contributed by atoms with E-state index in [1.165, 1.54) is 66.4 Å². The molecule has 2 aliphatic carbocycles. The quantitative estimate of drug-likeness (QED) is 0.190. The summed E-state index contributed by atoms with van der Waals surface area (Å²) >= 11 is 1.46. The molecule has 0 aromatic heterocycles. The van der Waals surface area contributed by atoms with Crippen molar-refractivity contribution < 1.29 is 24.2 Å². The Labute approximate surface area is 238 Å². The summed E-state index contributed by atoms with van der Waals surface area (Å²) in [6.45, 7) is 8.86. The Bertz CT molecular complexity index is 1300. The van der Waals surface area contributed by atoms with Crippen LogP contribution in [-0.4, -0.2) is 3.21 Å².